The first-order valence-corrected chi connectivity index (χ1v) is 4.55. The lowest BCUT2D eigenvalue weighted by molar-refractivity contribution is -0.151. The van der Waals surface area contributed by atoms with E-state index in [0.29, 0.717) is 0 Å². The van der Waals surface area contributed by atoms with Crippen LogP contribution in [0.25, 0.3) is 0 Å². The highest BCUT2D eigenvalue weighted by atomic mass is 19.2. The van der Waals surface area contributed by atoms with Crippen molar-refractivity contribution in [3.05, 3.63) is 35.4 Å². The number of carbonyl (C=O) groups excluding carboxylic acids is 3. The molecule has 0 aliphatic rings. The Morgan fingerprint density at radius 3 is 2.47 bits per heavy atom. The summed E-state index contributed by atoms with van der Waals surface area (Å²) >= 11 is 0. The first-order valence-electron chi connectivity index (χ1n) is 4.55. The van der Waals surface area contributed by atoms with Crippen molar-refractivity contribution in [3.63, 3.8) is 0 Å². The molecule has 0 unspecified atom stereocenters. The summed E-state index contributed by atoms with van der Waals surface area (Å²) in [7, 11) is 0.980. The molecule has 0 saturated heterocycles. The van der Waals surface area contributed by atoms with E-state index < -0.39 is 41.2 Å². The maximum Gasteiger partial charge on any atom is 0.374 e. The highest BCUT2D eigenvalue weighted by molar-refractivity contribution is 6.38. The fraction of sp³-hybridized carbons (Fsp3) is 0.182. The molecule has 0 atom stereocenters. The Bertz CT molecular complexity index is 482. The van der Waals surface area contributed by atoms with Crippen molar-refractivity contribution in [1.82, 2.24) is 0 Å². The quantitative estimate of drug-likeness (QED) is 0.345. The second-order valence-electron chi connectivity index (χ2n) is 3.12. The van der Waals surface area contributed by atoms with Gasteiger partial charge in [0.25, 0.3) is 0 Å². The average molecular weight is 242 g/mol. The third-order valence-electron chi connectivity index (χ3n) is 1.99. The standard InChI is InChI=1S/C11H8F2O4/c1-17-11(16)9(15)5-8(14)6-3-2-4-7(12)10(6)13/h2-4H,5H2,1H3. The minimum absolute atomic E-state index is 0.567. The molecular formula is C11H8F2O4. The average Bonchev–Trinajstić information content (AvgIpc) is 2.31. The van der Waals surface area contributed by atoms with E-state index in [-0.39, 0.29) is 0 Å². The van der Waals surface area contributed by atoms with E-state index in [9.17, 15) is 23.2 Å². The molecule has 0 aliphatic heterocycles. The molecule has 0 bridgehead atoms. The van der Waals surface area contributed by atoms with Gasteiger partial charge in [-0.3, -0.25) is 9.59 Å². The summed E-state index contributed by atoms with van der Waals surface area (Å²) in [6.07, 6.45) is -0.854. The minimum atomic E-state index is -1.34. The zero-order valence-corrected chi connectivity index (χ0v) is 8.83. The topological polar surface area (TPSA) is 60.4 Å². The van der Waals surface area contributed by atoms with Crippen LogP contribution in [0.15, 0.2) is 18.2 Å². The van der Waals surface area contributed by atoms with Crippen LogP contribution in [0.5, 0.6) is 0 Å². The fourth-order valence-corrected chi connectivity index (χ4v) is 1.15. The van der Waals surface area contributed by atoms with Crippen molar-refractivity contribution in [3.8, 4) is 0 Å². The van der Waals surface area contributed by atoms with E-state index in [4.69, 9.17) is 0 Å². The highest BCUT2D eigenvalue weighted by Crippen LogP contribution is 2.13. The fourth-order valence-electron chi connectivity index (χ4n) is 1.15. The maximum atomic E-state index is 13.2. The maximum absolute atomic E-state index is 13.2. The van der Waals surface area contributed by atoms with Gasteiger partial charge in [-0.25, -0.2) is 13.6 Å². The zero-order chi connectivity index (χ0) is 13.0. The Kier molecular flexibility index (Phi) is 4.03. The molecule has 17 heavy (non-hydrogen) atoms. The largest absolute Gasteiger partial charge is 0.463 e. The molecule has 1 rings (SSSR count). The van der Waals surface area contributed by atoms with Crippen LogP contribution in [-0.2, 0) is 14.3 Å². The lowest BCUT2D eigenvalue weighted by Crippen LogP contribution is -2.20. The number of methoxy groups -OCH3 is 1. The summed E-state index contributed by atoms with van der Waals surface area (Å²) in [6.45, 7) is 0. The van der Waals surface area contributed by atoms with Gasteiger partial charge >= 0.3 is 5.97 Å². The number of hydrogen-bond acceptors (Lipinski definition) is 4. The van der Waals surface area contributed by atoms with Gasteiger partial charge in [-0.05, 0) is 12.1 Å². The summed E-state index contributed by atoms with van der Waals surface area (Å²) in [5, 5.41) is 0. The zero-order valence-electron chi connectivity index (χ0n) is 8.83. The van der Waals surface area contributed by atoms with Crippen molar-refractivity contribution in [2.45, 2.75) is 6.42 Å². The molecule has 6 heteroatoms. The Balaban J connectivity index is 2.88. The number of benzene rings is 1. The van der Waals surface area contributed by atoms with Crippen LogP contribution in [0.3, 0.4) is 0 Å². The predicted molar refractivity (Wildman–Crippen MR) is 52.3 cm³/mol. The minimum Gasteiger partial charge on any atom is -0.463 e. The lowest BCUT2D eigenvalue weighted by atomic mass is 10.1. The monoisotopic (exact) mass is 242 g/mol. The van der Waals surface area contributed by atoms with Crippen LogP contribution < -0.4 is 0 Å². The Morgan fingerprint density at radius 2 is 1.88 bits per heavy atom. The van der Waals surface area contributed by atoms with Crippen molar-refractivity contribution in [2.24, 2.45) is 0 Å². The molecule has 0 saturated carbocycles. The van der Waals surface area contributed by atoms with Crippen LogP contribution in [0.4, 0.5) is 8.78 Å². The normalized spacial score (nSPS) is 9.82. The van der Waals surface area contributed by atoms with Crippen molar-refractivity contribution in [2.75, 3.05) is 7.11 Å². The van der Waals surface area contributed by atoms with Crippen molar-refractivity contribution < 1.29 is 27.9 Å². The van der Waals surface area contributed by atoms with Crippen LogP contribution >= 0.6 is 0 Å². The Hall–Kier alpha value is -2.11. The van der Waals surface area contributed by atoms with Gasteiger partial charge in [0.05, 0.1) is 19.1 Å². The molecule has 1 aromatic rings. The van der Waals surface area contributed by atoms with Gasteiger partial charge in [-0.2, -0.15) is 0 Å². The molecule has 0 heterocycles. The first-order chi connectivity index (χ1) is 7.97. The Morgan fingerprint density at radius 1 is 1.24 bits per heavy atom. The van der Waals surface area contributed by atoms with E-state index in [1.807, 2.05) is 0 Å². The van der Waals surface area contributed by atoms with Gasteiger partial charge in [-0.1, -0.05) is 6.07 Å². The van der Waals surface area contributed by atoms with E-state index in [1.165, 1.54) is 0 Å². The molecule has 0 aliphatic carbocycles. The van der Waals surface area contributed by atoms with Crippen molar-refractivity contribution >= 4 is 17.5 Å². The smallest absolute Gasteiger partial charge is 0.374 e. The van der Waals surface area contributed by atoms with Crippen LogP contribution in [-0.4, -0.2) is 24.6 Å². The van der Waals surface area contributed by atoms with E-state index in [1.54, 1.807) is 0 Å². The first kappa shape index (κ1) is 13.0. The molecule has 0 amide bonds. The number of ketones is 2. The van der Waals surface area contributed by atoms with Gasteiger partial charge in [0.1, 0.15) is 0 Å². The third kappa shape index (κ3) is 2.93. The summed E-state index contributed by atoms with van der Waals surface area (Å²) in [6, 6.07) is 3.01. The number of Topliss-reactive ketones (excluding diaryl/α,β-unsaturated/α-hetero) is 2. The van der Waals surface area contributed by atoms with Gasteiger partial charge < -0.3 is 4.74 Å². The van der Waals surface area contributed by atoms with Crippen LogP contribution in [0.1, 0.15) is 16.8 Å². The lowest BCUT2D eigenvalue weighted by Gasteiger charge is -2.02. The van der Waals surface area contributed by atoms with Crippen molar-refractivity contribution in [1.29, 1.82) is 0 Å². The number of carbonyl (C=O) groups is 3. The highest BCUT2D eigenvalue weighted by Gasteiger charge is 2.22. The number of ether oxygens (including phenoxy) is 1. The molecule has 0 N–H and O–H groups in total. The second kappa shape index (κ2) is 5.29. The summed E-state index contributed by atoms with van der Waals surface area (Å²) in [5.41, 5.74) is -0.567. The third-order valence-corrected chi connectivity index (χ3v) is 1.99. The van der Waals surface area contributed by atoms with E-state index >= 15 is 0 Å². The molecule has 0 aromatic heterocycles. The Labute approximate surface area is 95.2 Å². The number of rotatable bonds is 4. The molecule has 90 valence electrons. The molecule has 0 fully saturated rings. The van der Waals surface area contributed by atoms with Gasteiger partial charge in [0.15, 0.2) is 17.4 Å². The van der Waals surface area contributed by atoms with Gasteiger partial charge in [0.2, 0.25) is 5.78 Å². The summed E-state index contributed by atoms with van der Waals surface area (Å²) < 4.78 is 30.1. The molecule has 0 radical (unpaired) electrons. The number of esters is 1. The van der Waals surface area contributed by atoms with E-state index in [0.717, 1.165) is 25.3 Å². The molecule has 4 nitrogen and oxygen atoms in total. The van der Waals surface area contributed by atoms with Crippen LogP contribution in [0, 0.1) is 11.6 Å². The SMILES string of the molecule is COC(=O)C(=O)CC(=O)c1cccc(F)c1F. The second-order valence-corrected chi connectivity index (χ2v) is 3.12. The summed E-state index contributed by atoms with van der Waals surface area (Å²) in [5.74, 6) is -5.81. The number of hydrogen-bond donors (Lipinski definition) is 0. The van der Waals surface area contributed by atoms with Gasteiger partial charge in [-0.15, -0.1) is 0 Å². The molecule has 0 spiro atoms. The van der Waals surface area contributed by atoms with Gasteiger partial charge in [0, 0.05) is 0 Å². The number of halogens is 2. The van der Waals surface area contributed by atoms with E-state index in [2.05, 4.69) is 4.74 Å². The van der Waals surface area contributed by atoms with Crippen LogP contribution in [0.2, 0.25) is 0 Å². The molecular weight excluding hydrogens is 234 g/mol. The predicted octanol–water partition coefficient (Wildman–Crippen LogP) is 1.28. The summed E-state index contributed by atoms with van der Waals surface area (Å²) in [4.78, 5) is 33.2. The molecule has 1 aromatic carbocycles.